The summed E-state index contributed by atoms with van der Waals surface area (Å²) in [6.07, 6.45) is 0.303. The minimum absolute atomic E-state index is 0. The van der Waals surface area contributed by atoms with Gasteiger partial charge in [-0.3, -0.25) is 4.99 Å². The third kappa shape index (κ3) is 6.28. The van der Waals surface area contributed by atoms with E-state index in [0.29, 0.717) is 19.0 Å². The van der Waals surface area contributed by atoms with E-state index in [0.717, 1.165) is 63.5 Å². The Morgan fingerprint density at radius 2 is 1.81 bits per heavy atom. The predicted octanol–water partition coefficient (Wildman–Crippen LogP) is 4.41. The van der Waals surface area contributed by atoms with Crippen molar-refractivity contribution in [3.05, 3.63) is 35.4 Å². The van der Waals surface area contributed by atoms with E-state index in [-0.39, 0.29) is 34.9 Å². The molecule has 3 rings (SSSR count). The molecule has 2 N–H and O–H groups in total. The summed E-state index contributed by atoms with van der Waals surface area (Å²) in [6.45, 7) is 5.42. The Bertz CT molecular complexity index is 760. The highest BCUT2D eigenvalue weighted by Crippen LogP contribution is 2.44. The highest BCUT2D eigenvalue weighted by molar-refractivity contribution is 14.0. The Hall–Kier alpha value is -1.07. The maximum absolute atomic E-state index is 13.2. The number of guanidine groups is 1. The van der Waals surface area contributed by atoms with Crippen LogP contribution < -0.4 is 10.6 Å². The zero-order valence-electron chi connectivity index (χ0n) is 19.2. The van der Waals surface area contributed by atoms with Gasteiger partial charge in [-0.1, -0.05) is 24.6 Å². The summed E-state index contributed by atoms with van der Waals surface area (Å²) in [5.41, 5.74) is -0.138. The fourth-order valence-corrected chi connectivity index (χ4v) is 4.52. The molecule has 2 aliphatic rings. The number of rotatable bonds is 7. The van der Waals surface area contributed by atoms with Gasteiger partial charge in [0.25, 0.3) is 0 Å². The molecule has 0 atom stereocenters. The van der Waals surface area contributed by atoms with Gasteiger partial charge in [-0.15, -0.1) is 24.0 Å². The fraction of sp³-hybridized carbons (Fsp3) is 0.696. The number of hydrogen-bond donors (Lipinski definition) is 2. The molecule has 0 unspecified atom stereocenters. The van der Waals surface area contributed by atoms with Gasteiger partial charge in [0.2, 0.25) is 0 Å². The minimum atomic E-state index is -4.32. The van der Waals surface area contributed by atoms with Crippen LogP contribution in [0, 0.1) is 0 Å². The molecule has 1 aromatic carbocycles. The van der Waals surface area contributed by atoms with Crippen LogP contribution in [0.2, 0.25) is 0 Å². The van der Waals surface area contributed by atoms with Crippen LogP contribution in [0.15, 0.2) is 29.3 Å². The quantitative estimate of drug-likeness (QED) is 0.291. The van der Waals surface area contributed by atoms with E-state index in [1.807, 2.05) is 13.0 Å². The number of alkyl halides is 3. The monoisotopic (exact) mass is 568 g/mol. The summed E-state index contributed by atoms with van der Waals surface area (Å²) < 4.78 is 45.2. The normalized spacial score (nSPS) is 20.3. The average molecular weight is 568 g/mol. The number of ether oxygens (including phenoxy) is 1. The summed E-state index contributed by atoms with van der Waals surface area (Å²) in [7, 11) is 4.16. The van der Waals surface area contributed by atoms with Crippen molar-refractivity contribution in [3.63, 3.8) is 0 Å². The van der Waals surface area contributed by atoms with Crippen molar-refractivity contribution in [1.82, 2.24) is 15.5 Å². The Kier molecular flexibility index (Phi) is 9.66. The van der Waals surface area contributed by atoms with E-state index in [2.05, 4.69) is 29.6 Å². The van der Waals surface area contributed by atoms with E-state index >= 15 is 0 Å². The van der Waals surface area contributed by atoms with E-state index < -0.39 is 11.7 Å². The number of benzene rings is 1. The van der Waals surface area contributed by atoms with Gasteiger partial charge in [0, 0.05) is 37.3 Å². The predicted molar refractivity (Wildman–Crippen MR) is 133 cm³/mol. The lowest BCUT2D eigenvalue weighted by molar-refractivity contribution is -0.137. The summed E-state index contributed by atoms with van der Waals surface area (Å²) in [6, 6.07) is 5.80. The van der Waals surface area contributed by atoms with Crippen molar-refractivity contribution in [2.75, 3.05) is 46.9 Å². The SMILES string of the molecule is CCNC(=NCC1(N(C)C)CCOCC1)NCC1(c2cccc(C(F)(F)F)c2)CCC1.I. The number of halogens is 4. The second kappa shape index (κ2) is 11.4. The van der Waals surface area contributed by atoms with Crippen molar-refractivity contribution in [3.8, 4) is 0 Å². The summed E-state index contributed by atoms with van der Waals surface area (Å²) in [5.74, 6) is 0.716. The molecule has 0 amide bonds. The second-order valence-electron chi connectivity index (χ2n) is 8.99. The molecule has 1 aliphatic heterocycles. The number of aliphatic imine (C=N–C) groups is 1. The summed E-state index contributed by atoms with van der Waals surface area (Å²) in [5, 5.41) is 6.72. The van der Waals surface area contributed by atoms with Crippen LogP contribution >= 0.6 is 24.0 Å². The van der Waals surface area contributed by atoms with Crippen molar-refractivity contribution < 1.29 is 17.9 Å². The minimum Gasteiger partial charge on any atom is -0.381 e. The zero-order chi connectivity index (χ0) is 22.5. The summed E-state index contributed by atoms with van der Waals surface area (Å²) in [4.78, 5) is 7.09. The maximum atomic E-state index is 13.2. The number of likely N-dealkylation sites (N-methyl/N-ethyl adjacent to an activating group) is 1. The Labute approximate surface area is 206 Å². The zero-order valence-corrected chi connectivity index (χ0v) is 21.6. The summed E-state index contributed by atoms with van der Waals surface area (Å²) >= 11 is 0. The lowest BCUT2D eigenvalue weighted by Gasteiger charge is -2.43. The Balaban J connectivity index is 0.00000363. The topological polar surface area (TPSA) is 48.9 Å². The molecule has 1 aliphatic carbocycles. The maximum Gasteiger partial charge on any atom is 0.416 e. The molecule has 1 saturated carbocycles. The molecule has 32 heavy (non-hydrogen) atoms. The van der Waals surface area contributed by atoms with E-state index in [9.17, 15) is 13.2 Å². The van der Waals surface area contributed by atoms with Crippen LogP contribution in [0.4, 0.5) is 13.2 Å². The van der Waals surface area contributed by atoms with Crippen molar-refractivity contribution >= 4 is 29.9 Å². The first-order valence-electron chi connectivity index (χ1n) is 11.2. The van der Waals surface area contributed by atoms with E-state index in [1.54, 1.807) is 0 Å². The van der Waals surface area contributed by atoms with Gasteiger partial charge in [-0.05, 0) is 58.3 Å². The van der Waals surface area contributed by atoms with Gasteiger partial charge in [0.05, 0.1) is 12.1 Å². The Morgan fingerprint density at radius 1 is 1.12 bits per heavy atom. The average Bonchev–Trinajstić information content (AvgIpc) is 2.71. The fourth-order valence-electron chi connectivity index (χ4n) is 4.52. The molecule has 5 nitrogen and oxygen atoms in total. The highest BCUT2D eigenvalue weighted by Gasteiger charge is 2.41. The molecular weight excluding hydrogens is 532 g/mol. The molecule has 0 spiro atoms. The first-order chi connectivity index (χ1) is 14.7. The number of hydrogen-bond acceptors (Lipinski definition) is 3. The van der Waals surface area contributed by atoms with Crippen molar-refractivity contribution in [2.45, 2.75) is 56.2 Å². The molecule has 1 heterocycles. The van der Waals surface area contributed by atoms with Gasteiger partial charge >= 0.3 is 6.18 Å². The van der Waals surface area contributed by atoms with Gasteiger partial charge in [-0.2, -0.15) is 13.2 Å². The van der Waals surface area contributed by atoms with Gasteiger partial charge in [-0.25, -0.2) is 0 Å². The molecule has 0 aromatic heterocycles. The smallest absolute Gasteiger partial charge is 0.381 e. The molecule has 1 aromatic rings. The molecule has 1 saturated heterocycles. The molecule has 182 valence electrons. The lowest BCUT2D eigenvalue weighted by atomic mass is 9.64. The lowest BCUT2D eigenvalue weighted by Crippen LogP contribution is -2.52. The van der Waals surface area contributed by atoms with Gasteiger partial charge < -0.3 is 20.3 Å². The third-order valence-corrected chi connectivity index (χ3v) is 6.96. The van der Waals surface area contributed by atoms with Crippen LogP contribution in [0.3, 0.4) is 0 Å². The molecule has 0 radical (unpaired) electrons. The van der Waals surface area contributed by atoms with Crippen molar-refractivity contribution in [2.24, 2.45) is 4.99 Å². The molecule has 2 fully saturated rings. The second-order valence-corrected chi connectivity index (χ2v) is 8.99. The van der Waals surface area contributed by atoms with Crippen LogP contribution in [0.1, 0.15) is 50.2 Å². The Morgan fingerprint density at radius 3 is 2.34 bits per heavy atom. The highest BCUT2D eigenvalue weighted by atomic mass is 127. The molecular formula is C23H36F3IN4O. The van der Waals surface area contributed by atoms with E-state index in [1.165, 1.54) is 12.1 Å². The van der Waals surface area contributed by atoms with Crippen LogP contribution in [-0.4, -0.2) is 63.3 Å². The molecule has 9 heteroatoms. The number of nitrogens with zero attached hydrogens (tertiary/aromatic N) is 2. The van der Waals surface area contributed by atoms with Gasteiger partial charge in [0.15, 0.2) is 5.96 Å². The standard InChI is InChI=1S/C23H35F3N4O.HI/c1-4-27-20(29-17-22(30(2)3)11-13-31-14-12-22)28-16-21(9-6-10-21)18-7-5-8-19(15-18)23(24,25)26;/h5,7-8,15H,4,6,9-14,16-17H2,1-3H3,(H2,27,28,29);1H. The first-order valence-corrected chi connectivity index (χ1v) is 11.2. The number of nitrogens with one attached hydrogen (secondary N) is 2. The first kappa shape index (κ1) is 27.2. The van der Waals surface area contributed by atoms with E-state index in [4.69, 9.17) is 9.73 Å². The van der Waals surface area contributed by atoms with Gasteiger partial charge in [0.1, 0.15) is 0 Å². The van der Waals surface area contributed by atoms with Crippen LogP contribution in [0.25, 0.3) is 0 Å². The van der Waals surface area contributed by atoms with Crippen LogP contribution in [0.5, 0.6) is 0 Å². The molecule has 0 bridgehead atoms. The largest absolute Gasteiger partial charge is 0.416 e. The van der Waals surface area contributed by atoms with Crippen molar-refractivity contribution in [1.29, 1.82) is 0 Å². The van der Waals surface area contributed by atoms with Crippen LogP contribution in [-0.2, 0) is 16.3 Å². The third-order valence-electron chi connectivity index (χ3n) is 6.96.